The van der Waals surface area contributed by atoms with Crippen molar-refractivity contribution < 1.29 is 15.3 Å². The Balaban J connectivity index is 2.48. The number of quaternary nitrogens is 1. The smallest absolute Gasteiger partial charge is 0.236 e. The van der Waals surface area contributed by atoms with Gasteiger partial charge in [-0.15, -0.1) is 0 Å². The molecule has 0 amide bonds. The van der Waals surface area contributed by atoms with Crippen LogP contribution in [0.25, 0.3) is 5.70 Å². The summed E-state index contributed by atoms with van der Waals surface area (Å²) in [6.45, 7) is 6.25. The molecule has 0 aliphatic heterocycles. The summed E-state index contributed by atoms with van der Waals surface area (Å²) < 4.78 is 0. The molecule has 0 heterocycles. The average Bonchev–Trinajstić information content (AvgIpc) is 2.45. The van der Waals surface area contributed by atoms with Gasteiger partial charge in [0.2, 0.25) is 11.6 Å². The van der Waals surface area contributed by atoms with Crippen molar-refractivity contribution in [3.63, 3.8) is 0 Å². The van der Waals surface area contributed by atoms with Crippen LogP contribution in [0.4, 0.5) is 0 Å². The molecule has 0 bridgehead atoms. The molecule has 4 heteroatoms. The summed E-state index contributed by atoms with van der Waals surface area (Å²) in [4.78, 5) is 26.4. The summed E-state index contributed by atoms with van der Waals surface area (Å²) in [6, 6.07) is 7.17. The van der Waals surface area contributed by atoms with E-state index in [4.69, 9.17) is 0 Å². The van der Waals surface area contributed by atoms with Crippen LogP contribution >= 0.6 is 0 Å². The highest BCUT2D eigenvalue weighted by molar-refractivity contribution is 6.52. The first-order chi connectivity index (χ1) is 9.10. The molecule has 0 unspecified atom stereocenters. The summed E-state index contributed by atoms with van der Waals surface area (Å²) in [5, 5.41) is 0. The number of carbonyl (C=O) groups excluding carboxylic acids is 2. The van der Waals surface area contributed by atoms with Crippen LogP contribution in [0.3, 0.4) is 0 Å². The van der Waals surface area contributed by atoms with Crippen LogP contribution in [-0.4, -0.2) is 36.1 Å². The molecular formula is C15H19N2O2+. The first kappa shape index (κ1) is 13.6. The van der Waals surface area contributed by atoms with E-state index in [9.17, 15) is 9.59 Å². The van der Waals surface area contributed by atoms with E-state index in [0.717, 1.165) is 18.7 Å². The van der Waals surface area contributed by atoms with E-state index in [1.807, 2.05) is 26.0 Å². The van der Waals surface area contributed by atoms with Gasteiger partial charge < -0.3 is 5.73 Å². The lowest BCUT2D eigenvalue weighted by Gasteiger charge is -2.22. The number of fused-ring (bicyclic) bond motifs is 1. The highest BCUT2D eigenvalue weighted by atomic mass is 16.2. The van der Waals surface area contributed by atoms with Crippen LogP contribution in [0.15, 0.2) is 29.8 Å². The van der Waals surface area contributed by atoms with Gasteiger partial charge >= 0.3 is 0 Å². The van der Waals surface area contributed by atoms with E-state index in [1.165, 1.54) is 0 Å². The van der Waals surface area contributed by atoms with E-state index < -0.39 is 11.6 Å². The molecule has 2 rings (SSSR count). The minimum absolute atomic E-state index is 0.407. The third-order valence-corrected chi connectivity index (χ3v) is 3.62. The summed E-state index contributed by atoms with van der Waals surface area (Å²) in [5.74, 6) is -0.819. The third kappa shape index (κ3) is 2.37. The number of hydrogen-bond donors (Lipinski definition) is 1. The lowest BCUT2D eigenvalue weighted by atomic mass is 9.87. The largest absolute Gasteiger partial charge is 0.324 e. The SMILES string of the molecule is CCN(CC)CC1=C([NH3+])c2ccccc2C(=O)C1=O. The number of Topliss-reactive ketones (excluding diaryl/α,β-unsaturated/α-hetero) is 2. The number of carbonyl (C=O) groups is 2. The molecule has 19 heavy (non-hydrogen) atoms. The number of rotatable bonds is 4. The van der Waals surface area contributed by atoms with E-state index in [2.05, 4.69) is 10.6 Å². The molecule has 0 saturated heterocycles. The fraction of sp³-hybridized carbons (Fsp3) is 0.333. The summed E-state index contributed by atoms with van der Waals surface area (Å²) in [5.41, 5.74) is 6.49. The summed E-state index contributed by atoms with van der Waals surface area (Å²) >= 11 is 0. The lowest BCUT2D eigenvalue weighted by molar-refractivity contribution is -0.245. The quantitative estimate of drug-likeness (QED) is 0.811. The molecule has 1 aliphatic carbocycles. The van der Waals surface area contributed by atoms with Crippen LogP contribution in [0.2, 0.25) is 0 Å². The fourth-order valence-electron chi connectivity index (χ4n) is 2.34. The van der Waals surface area contributed by atoms with Crippen molar-refractivity contribution in [2.24, 2.45) is 0 Å². The van der Waals surface area contributed by atoms with Crippen molar-refractivity contribution in [2.75, 3.05) is 19.6 Å². The molecule has 4 nitrogen and oxygen atoms in total. The Morgan fingerprint density at radius 2 is 1.58 bits per heavy atom. The Bertz CT molecular complexity index is 557. The van der Waals surface area contributed by atoms with Crippen LogP contribution in [0, 0.1) is 0 Å². The topological polar surface area (TPSA) is 65.0 Å². The Kier molecular flexibility index (Phi) is 3.93. The first-order valence-corrected chi connectivity index (χ1v) is 6.56. The van der Waals surface area contributed by atoms with E-state index >= 15 is 0 Å². The number of likely N-dealkylation sites (N-methyl/N-ethyl adjacent to an activating group) is 1. The molecular weight excluding hydrogens is 240 g/mol. The minimum atomic E-state index is -0.412. The predicted octanol–water partition coefficient (Wildman–Crippen LogP) is 0.747. The number of ketones is 2. The Morgan fingerprint density at radius 3 is 2.16 bits per heavy atom. The Morgan fingerprint density at radius 1 is 1.00 bits per heavy atom. The maximum absolute atomic E-state index is 12.2. The second kappa shape index (κ2) is 5.47. The molecule has 3 N–H and O–H groups in total. The number of benzene rings is 1. The molecule has 0 atom stereocenters. The van der Waals surface area contributed by atoms with Gasteiger partial charge in [-0.05, 0) is 19.2 Å². The summed E-state index contributed by atoms with van der Waals surface area (Å²) in [6.07, 6.45) is 0. The Hall–Kier alpha value is -1.78. The molecule has 1 aromatic carbocycles. The highest BCUT2D eigenvalue weighted by Crippen LogP contribution is 2.25. The average molecular weight is 259 g/mol. The van der Waals surface area contributed by atoms with Gasteiger partial charge in [-0.1, -0.05) is 32.0 Å². The van der Waals surface area contributed by atoms with Gasteiger partial charge in [0.25, 0.3) is 0 Å². The normalized spacial score (nSPS) is 15.2. The maximum atomic E-state index is 12.2. The van der Waals surface area contributed by atoms with Crippen LogP contribution in [0.1, 0.15) is 29.8 Å². The van der Waals surface area contributed by atoms with Crippen LogP contribution in [0.5, 0.6) is 0 Å². The van der Waals surface area contributed by atoms with Crippen LogP contribution in [-0.2, 0) is 4.79 Å². The van der Waals surface area contributed by atoms with Gasteiger partial charge in [-0.3, -0.25) is 14.5 Å². The summed E-state index contributed by atoms with van der Waals surface area (Å²) in [7, 11) is 0. The van der Waals surface area contributed by atoms with E-state index in [0.29, 0.717) is 23.4 Å². The zero-order valence-electron chi connectivity index (χ0n) is 11.4. The van der Waals surface area contributed by atoms with Crippen molar-refractivity contribution >= 4 is 17.3 Å². The van der Waals surface area contributed by atoms with Crippen molar-refractivity contribution in [1.29, 1.82) is 0 Å². The molecule has 1 aliphatic rings. The minimum Gasteiger partial charge on any atom is -0.324 e. The van der Waals surface area contributed by atoms with Gasteiger partial charge in [0.05, 0.1) is 5.57 Å². The molecule has 1 aromatic rings. The predicted molar refractivity (Wildman–Crippen MR) is 73.4 cm³/mol. The number of nitrogens with zero attached hydrogens (tertiary/aromatic N) is 1. The molecule has 0 radical (unpaired) electrons. The van der Waals surface area contributed by atoms with Crippen molar-refractivity contribution in [2.45, 2.75) is 13.8 Å². The van der Waals surface area contributed by atoms with Crippen LogP contribution < -0.4 is 5.73 Å². The zero-order chi connectivity index (χ0) is 14.0. The van der Waals surface area contributed by atoms with Crippen molar-refractivity contribution in [3.05, 3.63) is 41.0 Å². The van der Waals surface area contributed by atoms with Gasteiger partial charge in [0.15, 0.2) is 0 Å². The monoisotopic (exact) mass is 259 g/mol. The number of hydrogen-bond acceptors (Lipinski definition) is 3. The third-order valence-electron chi connectivity index (χ3n) is 3.62. The maximum Gasteiger partial charge on any atom is 0.236 e. The van der Waals surface area contributed by atoms with Gasteiger partial charge in [-0.25, -0.2) is 0 Å². The lowest BCUT2D eigenvalue weighted by Crippen LogP contribution is -2.51. The van der Waals surface area contributed by atoms with Crippen molar-refractivity contribution in [3.8, 4) is 0 Å². The standard InChI is InChI=1S/C15H18N2O2/c1-3-17(4-2)9-12-13(16)10-7-5-6-8-11(10)14(18)15(12)19/h5-8H,3-4,9,16H2,1-2H3/p+1. The molecule has 0 aromatic heterocycles. The van der Waals surface area contributed by atoms with Gasteiger partial charge in [0, 0.05) is 17.7 Å². The second-order valence-corrected chi connectivity index (χ2v) is 4.62. The fourth-order valence-corrected chi connectivity index (χ4v) is 2.34. The van der Waals surface area contributed by atoms with E-state index in [-0.39, 0.29) is 0 Å². The first-order valence-electron chi connectivity index (χ1n) is 6.56. The molecule has 0 fully saturated rings. The zero-order valence-corrected chi connectivity index (χ0v) is 11.4. The molecule has 0 saturated carbocycles. The highest BCUT2D eigenvalue weighted by Gasteiger charge is 2.33. The second-order valence-electron chi connectivity index (χ2n) is 4.62. The van der Waals surface area contributed by atoms with Gasteiger partial charge in [0.1, 0.15) is 5.70 Å². The van der Waals surface area contributed by atoms with E-state index in [1.54, 1.807) is 12.1 Å². The van der Waals surface area contributed by atoms with Gasteiger partial charge in [-0.2, -0.15) is 0 Å². The molecule has 100 valence electrons. The van der Waals surface area contributed by atoms with Crippen molar-refractivity contribution in [1.82, 2.24) is 4.90 Å². The molecule has 0 spiro atoms. The Labute approximate surface area is 112 Å².